The Bertz CT molecular complexity index is 730. The second-order valence-corrected chi connectivity index (χ2v) is 6.89. The number of nitrogens with one attached hydrogen (secondary N) is 3. The van der Waals surface area contributed by atoms with Crippen molar-refractivity contribution < 1.29 is 9.59 Å². The molecule has 0 atom stereocenters. The van der Waals surface area contributed by atoms with E-state index in [0.717, 1.165) is 56.7 Å². The van der Waals surface area contributed by atoms with Crippen LogP contribution in [-0.2, 0) is 11.3 Å². The van der Waals surface area contributed by atoms with Crippen molar-refractivity contribution in [2.75, 3.05) is 18.0 Å². The molecule has 3 amide bonds. The number of hydrogen-bond donors (Lipinski definition) is 3. The van der Waals surface area contributed by atoms with Crippen molar-refractivity contribution in [1.29, 1.82) is 0 Å². The second kappa shape index (κ2) is 7.81. The summed E-state index contributed by atoms with van der Waals surface area (Å²) in [5, 5.41) is 9.40. The normalized spacial score (nSPS) is 21.1. The van der Waals surface area contributed by atoms with Crippen LogP contribution < -0.4 is 20.9 Å². The van der Waals surface area contributed by atoms with Crippen LogP contribution in [0.2, 0.25) is 0 Å². The molecule has 0 bridgehead atoms. The first-order chi connectivity index (χ1) is 12.2. The third-order valence-electron chi connectivity index (χ3n) is 5.14. The molecule has 0 aromatic heterocycles. The molecule has 3 aliphatic rings. The number of imide groups is 1. The number of urea groups is 1. The smallest absolute Gasteiger partial charge is 0.329 e. The second-order valence-electron chi connectivity index (χ2n) is 6.89. The highest BCUT2D eigenvalue weighted by atomic mass is 127. The van der Waals surface area contributed by atoms with Gasteiger partial charge in [0.15, 0.2) is 5.96 Å². The van der Waals surface area contributed by atoms with Crippen LogP contribution in [0.3, 0.4) is 0 Å². The summed E-state index contributed by atoms with van der Waals surface area (Å²) in [5.74, 6) is 0.690. The fourth-order valence-electron chi connectivity index (χ4n) is 3.81. The SMILES string of the molecule is I.O=C1NC2(CCCC2)C(=O)N1c1cccc(CNC2=NCCCN2)c1. The van der Waals surface area contributed by atoms with Gasteiger partial charge in [-0.1, -0.05) is 25.0 Å². The van der Waals surface area contributed by atoms with Gasteiger partial charge in [0.25, 0.3) is 5.91 Å². The molecular formula is C18H24IN5O2. The van der Waals surface area contributed by atoms with E-state index in [1.54, 1.807) is 0 Å². The maximum atomic E-state index is 12.9. The zero-order valence-electron chi connectivity index (χ0n) is 14.6. The van der Waals surface area contributed by atoms with Crippen LogP contribution in [0.5, 0.6) is 0 Å². The fraction of sp³-hybridized carbons (Fsp3) is 0.500. The average molecular weight is 469 g/mol. The molecular weight excluding hydrogens is 445 g/mol. The van der Waals surface area contributed by atoms with Crippen molar-refractivity contribution in [3.8, 4) is 0 Å². The van der Waals surface area contributed by atoms with Gasteiger partial charge in [0.1, 0.15) is 5.54 Å². The summed E-state index contributed by atoms with van der Waals surface area (Å²) in [4.78, 5) is 30.9. The molecule has 1 spiro atoms. The van der Waals surface area contributed by atoms with Crippen LogP contribution in [0.1, 0.15) is 37.7 Å². The van der Waals surface area contributed by atoms with E-state index in [2.05, 4.69) is 20.9 Å². The molecule has 1 saturated carbocycles. The number of nitrogens with zero attached hydrogens (tertiary/aromatic N) is 2. The van der Waals surface area contributed by atoms with Gasteiger partial charge in [0.05, 0.1) is 5.69 Å². The molecule has 8 heteroatoms. The Morgan fingerprint density at radius 3 is 2.73 bits per heavy atom. The first-order valence-corrected chi connectivity index (χ1v) is 8.96. The van der Waals surface area contributed by atoms with Gasteiger partial charge in [-0.3, -0.25) is 9.79 Å². The number of amides is 3. The van der Waals surface area contributed by atoms with E-state index in [0.29, 0.717) is 12.2 Å². The van der Waals surface area contributed by atoms with Gasteiger partial charge in [0.2, 0.25) is 0 Å². The largest absolute Gasteiger partial charge is 0.356 e. The molecule has 4 rings (SSSR count). The van der Waals surface area contributed by atoms with E-state index in [9.17, 15) is 9.59 Å². The maximum Gasteiger partial charge on any atom is 0.329 e. The van der Waals surface area contributed by atoms with Crippen LogP contribution >= 0.6 is 24.0 Å². The summed E-state index contributed by atoms with van der Waals surface area (Å²) in [6.07, 6.45) is 4.49. The van der Waals surface area contributed by atoms with Crippen LogP contribution in [0.4, 0.5) is 10.5 Å². The van der Waals surface area contributed by atoms with Crippen LogP contribution in [-0.4, -0.2) is 36.5 Å². The summed E-state index contributed by atoms with van der Waals surface area (Å²) in [6, 6.07) is 7.25. The quantitative estimate of drug-likeness (QED) is 0.468. The molecule has 2 aliphatic heterocycles. The van der Waals surface area contributed by atoms with Gasteiger partial charge in [-0.15, -0.1) is 24.0 Å². The van der Waals surface area contributed by atoms with Gasteiger partial charge in [0, 0.05) is 19.6 Å². The molecule has 26 heavy (non-hydrogen) atoms. The Morgan fingerprint density at radius 2 is 2.00 bits per heavy atom. The van der Waals surface area contributed by atoms with Crippen molar-refractivity contribution in [2.45, 2.75) is 44.2 Å². The predicted molar refractivity (Wildman–Crippen MR) is 111 cm³/mol. The van der Waals surface area contributed by atoms with Crippen molar-refractivity contribution >= 4 is 47.6 Å². The van der Waals surface area contributed by atoms with Crippen molar-refractivity contribution in [3.05, 3.63) is 29.8 Å². The highest BCUT2D eigenvalue weighted by Gasteiger charge is 2.52. The van der Waals surface area contributed by atoms with E-state index >= 15 is 0 Å². The lowest BCUT2D eigenvalue weighted by Gasteiger charge is -2.20. The zero-order valence-corrected chi connectivity index (χ0v) is 16.9. The molecule has 1 saturated heterocycles. The van der Waals surface area contributed by atoms with E-state index < -0.39 is 5.54 Å². The minimum Gasteiger partial charge on any atom is -0.356 e. The third kappa shape index (κ3) is 3.51. The van der Waals surface area contributed by atoms with Gasteiger partial charge in [-0.05, 0) is 37.0 Å². The predicted octanol–water partition coefficient (Wildman–Crippen LogP) is 2.11. The number of hydrogen-bond acceptors (Lipinski definition) is 5. The molecule has 2 heterocycles. The van der Waals surface area contributed by atoms with Crippen LogP contribution in [0.15, 0.2) is 29.3 Å². The molecule has 1 aromatic rings. The fourth-order valence-corrected chi connectivity index (χ4v) is 3.81. The number of anilines is 1. The molecule has 1 aliphatic carbocycles. The molecule has 3 N–H and O–H groups in total. The summed E-state index contributed by atoms with van der Waals surface area (Å²) in [7, 11) is 0. The molecule has 2 fully saturated rings. The Balaban J connectivity index is 0.00000196. The number of aliphatic imine (C=N–C) groups is 1. The first kappa shape index (κ1) is 18.9. The summed E-state index contributed by atoms with van der Waals surface area (Å²) in [5.41, 5.74) is 0.955. The Hall–Kier alpha value is -1.84. The highest BCUT2D eigenvalue weighted by molar-refractivity contribution is 14.0. The Labute approximate surface area is 170 Å². The Morgan fingerprint density at radius 1 is 1.19 bits per heavy atom. The average Bonchev–Trinajstić information content (AvgIpc) is 3.20. The first-order valence-electron chi connectivity index (χ1n) is 8.96. The summed E-state index contributed by atoms with van der Waals surface area (Å²) in [6.45, 7) is 2.35. The summed E-state index contributed by atoms with van der Waals surface area (Å²) >= 11 is 0. The van der Waals surface area contributed by atoms with Crippen molar-refractivity contribution in [1.82, 2.24) is 16.0 Å². The highest BCUT2D eigenvalue weighted by Crippen LogP contribution is 2.37. The van der Waals surface area contributed by atoms with E-state index in [4.69, 9.17) is 0 Å². The maximum absolute atomic E-state index is 12.9. The number of carbonyl (C=O) groups excluding carboxylic acids is 2. The lowest BCUT2D eigenvalue weighted by atomic mass is 9.98. The van der Waals surface area contributed by atoms with Gasteiger partial charge in [-0.2, -0.15) is 0 Å². The van der Waals surface area contributed by atoms with Gasteiger partial charge < -0.3 is 16.0 Å². The van der Waals surface area contributed by atoms with Crippen LogP contribution in [0.25, 0.3) is 0 Å². The minimum atomic E-state index is -0.675. The number of rotatable bonds is 3. The molecule has 0 radical (unpaired) electrons. The van der Waals surface area contributed by atoms with Gasteiger partial charge >= 0.3 is 6.03 Å². The summed E-state index contributed by atoms with van der Waals surface area (Å²) < 4.78 is 0. The van der Waals surface area contributed by atoms with Crippen LogP contribution in [0, 0.1) is 0 Å². The van der Waals surface area contributed by atoms with E-state index in [1.165, 1.54) is 4.90 Å². The van der Waals surface area contributed by atoms with E-state index in [1.807, 2.05) is 24.3 Å². The monoisotopic (exact) mass is 469 g/mol. The number of guanidine groups is 1. The minimum absolute atomic E-state index is 0. The zero-order chi connectivity index (χ0) is 17.3. The number of carbonyl (C=O) groups is 2. The lowest BCUT2D eigenvalue weighted by molar-refractivity contribution is -0.121. The molecule has 0 unspecified atom stereocenters. The molecule has 7 nitrogen and oxygen atoms in total. The van der Waals surface area contributed by atoms with E-state index in [-0.39, 0.29) is 35.9 Å². The topological polar surface area (TPSA) is 85.8 Å². The lowest BCUT2D eigenvalue weighted by Crippen LogP contribution is -2.44. The standard InChI is InChI=1S/C18H23N5O2.HI/c24-15-18(7-1-2-8-18)22-17(25)23(15)14-6-3-5-13(11-14)12-21-16-19-9-4-10-20-16;/h3,5-6,11H,1-2,4,7-10,12H2,(H,22,25)(H2,19,20,21);1H. The Kier molecular flexibility index (Phi) is 5.69. The number of benzene rings is 1. The number of halogens is 1. The van der Waals surface area contributed by atoms with Gasteiger partial charge in [-0.25, -0.2) is 9.69 Å². The van der Waals surface area contributed by atoms with Crippen molar-refractivity contribution in [2.24, 2.45) is 4.99 Å². The van der Waals surface area contributed by atoms with Crippen molar-refractivity contribution in [3.63, 3.8) is 0 Å². The third-order valence-corrected chi connectivity index (χ3v) is 5.14. The molecule has 1 aromatic carbocycles. The molecule has 140 valence electrons.